The molecular formula is C23H31N. The van der Waals surface area contributed by atoms with Crippen LogP contribution in [0, 0.1) is 17.2 Å². The van der Waals surface area contributed by atoms with Gasteiger partial charge in [0.25, 0.3) is 0 Å². The Morgan fingerprint density at radius 1 is 1.08 bits per heavy atom. The summed E-state index contributed by atoms with van der Waals surface area (Å²) in [6, 6.07) is 11.4. The van der Waals surface area contributed by atoms with E-state index < -0.39 is 0 Å². The molecule has 0 radical (unpaired) electrons. The largest absolute Gasteiger partial charge is 0.193 e. The van der Waals surface area contributed by atoms with Crippen molar-refractivity contribution in [1.29, 1.82) is 5.26 Å². The second-order valence-corrected chi connectivity index (χ2v) is 7.06. The van der Waals surface area contributed by atoms with Crippen LogP contribution >= 0.6 is 0 Å². The molecule has 0 aromatic heterocycles. The van der Waals surface area contributed by atoms with Crippen LogP contribution < -0.4 is 0 Å². The highest BCUT2D eigenvalue weighted by molar-refractivity contribution is 5.26. The van der Waals surface area contributed by atoms with Crippen LogP contribution in [0.4, 0.5) is 0 Å². The summed E-state index contributed by atoms with van der Waals surface area (Å²) in [5.41, 5.74) is 3.04. The van der Waals surface area contributed by atoms with E-state index in [0.29, 0.717) is 0 Å². The Balaban J connectivity index is 1.71. The van der Waals surface area contributed by atoms with Crippen LogP contribution in [0.25, 0.3) is 0 Å². The standard InChI is InChI=1S/C23H31N/c1-2-3-9-20-11-15-22(16-12-20)23-17-13-21(14-18-23)10-7-5-4-6-8-19-24/h4-6,8,11-12,15-16,21,23H,2-3,7,9-10,13-14,17-18H2,1H3/b5-4+,8-6+/t21-,23-. The van der Waals surface area contributed by atoms with Gasteiger partial charge in [0.2, 0.25) is 0 Å². The van der Waals surface area contributed by atoms with Crippen LogP contribution in [0.5, 0.6) is 0 Å². The van der Waals surface area contributed by atoms with Crippen molar-refractivity contribution in [2.45, 2.75) is 70.6 Å². The van der Waals surface area contributed by atoms with Gasteiger partial charge in [0.15, 0.2) is 0 Å². The third kappa shape index (κ3) is 6.36. The van der Waals surface area contributed by atoms with Gasteiger partial charge in [0.05, 0.1) is 6.07 Å². The van der Waals surface area contributed by atoms with Crippen LogP contribution in [0.15, 0.2) is 48.6 Å². The van der Waals surface area contributed by atoms with Crippen molar-refractivity contribution in [3.8, 4) is 6.07 Å². The van der Waals surface area contributed by atoms with E-state index in [9.17, 15) is 0 Å². The Morgan fingerprint density at radius 2 is 1.83 bits per heavy atom. The number of aryl methyl sites for hydroxylation is 1. The van der Waals surface area contributed by atoms with Crippen molar-refractivity contribution in [2.24, 2.45) is 5.92 Å². The molecule has 1 aliphatic rings. The van der Waals surface area contributed by atoms with E-state index in [1.807, 2.05) is 18.2 Å². The van der Waals surface area contributed by atoms with Crippen molar-refractivity contribution in [1.82, 2.24) is 0 Å². The summed E-state index contributed by atoms with van der Waals surface area (Å²) < 4.78 is 0. The van der Waals surface area contributed by atoms with Crippen LogP contribution in [0.2, 0.25) is 0 Å². The summed E-state index contributed by atoms with van der Waals surface area (Å²) in [7, 11) is 0. The third-order valence-corrected chi connectivity index (χ3v) is 5.28. The average Bonchev–Trinajstić information content (AvgIpc) is 2.64. The summed E-state index contributed by atoms with van der Waals surface area (Å²) in [6.07, 6.45) is 19.2. The summed E-state index contributed by atoms with van der Waals surface area (Å²) in [5.74, 6) is 1.66. The third-order valence-electron chi connectivity index (χ3n) is 5.28. The van der Waals surface area contributed by atoms with Gasteiger partial charge in [0, 0.05) is 6.08 Å². The predicted octanol–water partition coefficient (Wildman–Crippen LogP) is 6.72. The van der Waals surface area contributed by atoms with E-state index in [4.69, 9.17) is 5.26 Å². The van der Waals surface area contributed by atoms with Crippen molar-refractivity contribution in [3.05, 3.63) is 59.7 Å². The Labute approximate surface area is 148 Å². The zero-order chi connectivity index (χ0) is 17.0. The fourth-order valence-electron chi connectivity index (χ4n) is 3.73. The van der Waals surface area contributed by atoms with Gasteiger partial charge in [0.1, 0.15) is 0 Å². The Kier molecular flexibility index (Phi) is 8.39. The minimum Gasteiger partial charge on any atom is -0.193 e. The van der Waals surface area contributed by atoms with E-state index >= 15 is 0 Å². The summed E-state index contributed by atoms with van der Waals surface area (Å²) in [6.45, 7) is 2.26. The first-order valence-corrected chi connectivity index (χ1v) is 9.63. The quantitative estimate of drug-likeness (QED) is 0.385. The Hall–Kier alpha value is -1.81. The maximum atomic E-state index is 8.43. The maximum absolute atomic E-state index is 8.43. The van der Waals surface area contributed by atoms with Crippen LogP contribution in [0.1, 0.15) is 75.3 Å². The number of nitriles is 1. The lowest BCUT2D eigenvalue weighted by Gasteiger charge is -2.28. The monoisotopic (exact) mass is 321 g/mol. The molecule has 0 N–H and O–H groups in total. The molecule has 1 aromatic carbocycles. The summed E-state index contributed by atoms with van der Waals surface area (Å²) >= 11 is 0. The lowest BCUT2D eigenvalue weighted by Crippen LogP contribution is -2.13. The molecule has 0 aliphatic heterocycles. The van der Waals surface area contributed by atoms with E-state index in [1.54, 1.807) is 5.56 Å². The highest BCUT2D eigenvalue weighted by Gasteiger charge is 2.21. The first-order valence-electron chi connectivity index (χ1n) is 9.63. The van der Waals surface area contributed by atoms with Gasteiger partial charge in [-0.05, 0) is 74.3 Å². The van der Waals surface area contributed by atoms with E-state index in [1.165, 1.54) is 63.0 Å². The molecule has 1 nitrogen and oxygen atoms in total. The molecule has 0 heterocycles. The summed E-state index contributed by atoms with van der Waals surface area (Å²) in [4.78, 5) is 0. The molecule has 1 aromatic rings. The second-order valence-electron chi connectivity index (χ2n) is 7.06. The molecule has 0 unspecified atom stereocenters. The van der Waals surface area contributed by atoms with Gasteiger partial charge in [-0.15, -0.1) is 0 Å². The van der Waals surface area contributed by atoms with Gasteiger partial charge in [-0.1, -0.05) is 55.8 Å². The van der Waals surface area contributed by atoms with Gasteiger partial charge in [-0.3, -0.25) is 0 Å². The fraction of sp³-hybridized carbons (Fsp3) is 0.522. The molecule has 24 heavy (non-hydrogen) atoms. The molecule has 0 saturated heterocycles. The number of benzene rings is 1. The lowest BCUT2D eigenvalue weighted by molar-refractivity contribution is 0.312. The van der Waals surface area contributed by atoms with E-state index in [2.05, 4.69) is 37.3 Å². The molecule has 128 valence electrons. The lowest BCUT2D eigenvalue weighted by atomic mass is 9.77. The average molecular weight is 322 g/mol. The van der Waals surface area contributed by atoms with Crippen LogP contribution in [-0.4, -0.2) is 0 Å². The summed E-state index contributed by atoms with van der Waals surface area (Å²) in [5, 5.41) is 8.43. The fourth-order valence-corrected chi connectivity index (χ4v) is 3.73. The molecule has 0 amide bonds. The highest BCUT2D eigenvalue weighted by Crippen LogP contribution is 2.37. The second kappa shape index (κ2) is 10.9. The van der Waals surface area contributed by atoms with Gasteiger partial charge < -0.3 is 0 Å². The molecular weight excluding hydrogens is 290 g/mol. The van der Waals surface area contributed by atoms with Crippen molar-refractivity contribution >= 4 is 0 Å². The maximum Gasteiger partial charge on any atom is 0.0912 e. The Bertz CT molecular complexity index is 551. The highest BCUT2D eigenvalue weighted by atomic mass is 14.3. The number of nitrogens with zero attached hydrogens (tertiary/aromatic N) is 1. The predicted molar refractivity (Wildman–Crippen MR) is 103 cm³/mol. The van der Waals surface area contributed by atoms with Crippen LogP contribution in [-0.2, 0) is 6.42 Å². The van der Waals surface area contributed by atoms with Gasteiger partial charge in [-0.2, -0.15) is 5.26 Å². The number of hydrogen-bond donors (Lipinski definition) is 0. The minimum atomic E-state index is 0.774. The SMILES string of the molecule is CCCCc1ccc([C@H]2CC[C@H](CC/C=C/C=C/C#N)CC2)cc1. The minimum absolute atomic E-state index is 0.774. The van der Waals surface area contributed by atoms with Crippen molar-refractivity contribution in [3.63, 3.8) is 0 Å². The van der Waals surface area contributed by atoms with E-state index in [-0.39, 0.29) is 0 Å². The molecule has 2 rings (SSSR count). The Morgan fingerprint density at radius 3 is 2.50 bits per heavy atom. The van der Waals surface area contributed by atoms with Crippen LogP contribution in [0.3, 0.4) is 0 Å². The molecule has 1 heteroatoms. The zero-order valence-corrected chi connectivity index (χ0v) is 15.1. The number of rotatable bonds is 8. The number of unbranched alkanes of at least 4 members (excludes halogenated alkanes) is 1. The molecule has 1 fully saturated rings. The first kappa shape index (κ1) is 18.5. The smallest absolute Gasteiger partial charge is 0.0912 e. The molecule has 1 aliphatic carbocycles. The van der Waals surface area contributed by atoms with E-state index in [0.717, 1.165) is 18.3 Å². The molecule has 0 spiro atoms. The normalized spacial score (nSPS) is 21.3. The number of allylic oxidation sites excluding steroid dienone is 4. The molecule has 0 bridgehead atoms. The number of hydrogen-bond acceptors (Lipinski definition) is 1. The molecule has 1 saturated carbocycles. The van der Waals surface area contributed by atoms with Gasteiger partial charge >= 0.3 is 0 Å². The molecule has 0 atom stereocenters. The first-order chi connectivity index (χ1) is 11.8. The topological polar surface area (TPSA) is 23.8 Å². The van der Waals surface area contributed by atoms with Gasteiger partial charge in [-0.25, -0.2) is 0 Å². The van der Waals surface area contributed by atoms with Crippen molar-refractivity contribution < 1.29 is 0 Å². The zero-order valence-electron chi connectivity index (χ0n) is 15.1. The van der Waals surface area contributed by atoms with Crippen molar-refractivity contribution in [2.75, 3.05) is 0 Å².